The lowest BCUT2D eigenvalue weighted by atomic mass is 9.89. The molecular formula is C18H18N4O2. The number of hydrogen-bond donors (Lipinski definition) is 1. The summed E-state index contributed by atoms with van der Waals surface area (Å²) in [6, 6.07) is 14.4. The molecule has 0 amide bonds. The third kappa shape index (κ3) is 3.48. The molecule has 0 aromatic heterocycles. The molecule has 2 aromatic carbocycles. The standard InChI is InChI=1S/C18H18N4O2/c1-18(2)11-14-5-3-4-6-16(14)17(20-18)21-19-12-13-7-9-15(10-8-13)22(23)24/h3-10,12H,11H2,1-2H3,(H,20,21)/b19-12+. The number of nitrogens with one attached hydrogen (secondary N) is 1. The highest BCUT2D eigenvalue weighted by atomic mass is 16.6. The summed E-state index contributed by atoms with van der Waals surface area (Å²) in [5.41, 5.74) is 5.96. The first-order valence-corrected chi connectivity index (χ1v) is 7.66. The normalized spacial score (nSPS) is 15.7. The van der Waals surface area contributed by atoms with Gasteiger partial charge in [0.2, 0.25) is 0 Å². The Morgan fingerprint density at radius 1 is 1.21 bits per heavy atom. The van der Waals surface area contributed by atoms with E-state index in [2.05, 4.69) is 30.4 Å². The van der Waals surface area contributed by atoms with Crippen LogP contribution in [0.15, 0.2) is 58.6 Å². The summed E-state index contributed by atoms with van der Waals surface area (Å²) in [7, 11) is 0. The number of benzene rings is 2. The van der Waals surface area contributed by atoms with Crippen molar-refractivity contribution in [2.24, 2.45) is 10.1 Å². The molecule has 2 aromatic rings. The van der Waals surface area contributed by atoms with E-state index in [1.807, 2.05) is 18.2 Å². The maximum absolute atomic E-state index is 10.7. The van der Waals surface area contributed by atoms with Crippen molar-refractivity contribution in [1.29, 1.82) is 0 Å². The fourth-order valence-electron chi connectivity index (χ4n) is 2.71. The van der Waals surface area contributed by atoms with Gasteiger partial charge in [0.05, 0.1) is 16.7 Å². The average Bonchev–Trinajstić information content (AvgIpc) is 2.54. The molecule has 0 unspecified atom stereocenters. The zero-order chi connectivity index (χ0) is 17.2. The summed E-state index contributed by atoms with van der Waals surface area (Å²) < 4.78 is 0. The third-order valence-electron chi connectivity index (χ3n) is 3.80. The molecule has 1 heterocycles. The summed E-state index contributed by atoms with van der Waals surface area (Å²) >= 11 is 0. The molecule has 3 rings (SSSR count). The summed E-state index contributed by atoms with van der Waals surface area (Å²) in [5, 5.41) is 14.9. The van der Waals surface area contributed by atoms with E-state index in [1.54, 1.807) is 18.3 Å². The summed E-state index contributed by atoms with van der Waals surface area (Å²) in [4.78, 5) is 15.0. The maximum Gasteiger partial charge on any atom is 0.269 e. The molecule has 0 aliphatic carbocycles. The van der Waals surface area contributed by atoms with Gasteiger partial charge in [-0.15, -0.1) is 0 Å². The predicted molar refractivity (Wildman–Crippen MR) is 94.6 cm³/mol. The van der Waals surface area contributed by atoms with Gasteiger partial charge >= 0.3 is 0 Å². The SMILES string of the molecule is CC1(C)Cc2ccccc2C(N/N=C/c2ccc([N+](=O)[O-])cc2)=N1. The molecule has 122 valence electrons. The lowest BCUT2D eigenvalue weighted by Gasteiger charge is -2.28. The van der Waals surface area contributed by atoms with Crippen LogP contribution in [0, 0.1) is 10.1 Å². The number of nitro benzene ring substituents is 1. The Morgan fingerprint density at radius 3 is 2.62 bits per heavy atom. The van der Waals surface area contributed by atoms with Crippen LogP contribution < -0.4 is 5.43 Å². The van der Waals surface area contributed by atoms with Gasteiger partial charge in [-0.05, 0) is 43.5 Å². The zero-order valence-electron chi connectivity index (χ0n) is 13.6. The number of nitro groups is 1. The molecule has 0 spiro atoms. The molecule has 1 aliphatic heterocycles. The van der Waals surface area contributed by atoms with Gasteiger partial charge in [-0.3, -0.25) is 20.5 Å². The molecule has 6 nitrogen and oxygen atoms in total. The number of rotatable bonds is 3. The minimum Gasteiger partial charge on any atom is -0.261 e. The van der Waals surface area contributed by atoms with Crippen molar-refractivity contribution in [2.45, 2.75) is 25.8 Å². The highest BCUT2D eigenvalue weighted by molar-refractivity contribution is 6.01. The van der Waals surface area contributed by atoms with Gasteiger partial charge in [0, 0.05) is 17.7 Å². The van der Waals surface area contributed by atoms with Crippen LogP contribution in [0.1, 0.15) is 30.5 Å². The number of fused-ring (bicyclic) bond motifs is 1. The maximum atomic E-state index is 10.7. The van der Waals surface area contributed by atoms with Crippen LogP contribution >= 0.6 is 0 Å². The van der Waals surface area contributed by atoms with Crippen molar-refractivity contribution in [3.8, 4) is 0 Å². The molecule has 1 aliphatic rings. The second-order valence-corrected chi connectivity index (χ2v) is 6.33. The minimum absolute atomic E-state index is 0.0624. The van der Waals surface area contributed by atoms with Crippen molar-refractivity contribution in [2.75, 3.05) is 0 Å². The van der Waals surface area contributed by atoms with Crippen LogP contribution in [0.3, 0.4) is 0 Å². The fourth-order valence-corrected chi connectivity index (χ4v) is 2.71. The number of amidine groups is 1. The van der Waals surface area contributed by atoms with Crippen LogP contribution in [0.5, 0.6) is 0 Å². The minimum atomic E-state index is -0.422. The lowest BCUT2D eigenvalue weighted by molar-refractivity contribution is -0.384. The van der Waals surface area contributed by atoms with Crippen molar-refractivity contribution in [3.63, 3.8) is 0 Å². The Morgan fingerprint density at radius 2 is 1.92 bits per heavy atom. The second kappa shape index (κ2) is 6.23. The first kappa shape index (κ1) is 15.9. The third-order valence-corrected chi connectivity index (χ3v) is 3.80. The highest BCUT2D eigenvalue weighted by Gasteiger charge is 2.26. The first-order valence-electron chi connectivity index (χ1n) is 7.66. The molecule has 0 saturated heterocycles. The number of aliphatic imine (C=N–C) groups is 1. The fraction of sp³-hybridized carbons (Fsp3) is 0.222. The summed E-state index contributed by atoms with van der Waals surface area (Å²) in [6.07, 6.45) is 2.51. The van der Waals surface area contributed by atoms with Gasteiger partial charge < -0.3 is 0 Å². The molecule has 0 atom stereocenters. The van der Waals surface area contributed by atoms with Crippen LogP contribution in [0.25, 0.3) is 0 Å². The van der Waals surface area contributed by atoms with Crippen LogP contribution in [0.2, 0.25) is 0 Å². The van der Waals surface area contributed by atoms with Gasteiger partial charge in [0.25, 0.3) is 5.69 Å². The van der Waals surface area contributed by atoms with E-state index in [0.29, 0.717) is 0 Å². The summed E-state index contributed by atoms with van der Waals surface area (Å²) in [6.45, 7) is 4.18. The van der Waals surface area contributed by atoms with E-state index in [-0.39, 0.29) is 11.2 Å². The Kier molecular flexibility index (Phi) is 4.12. The molecule has 0 radical (unpaired) electrons. The Hall–Kier alpha value is -3.02. The van der Waals surface area contributed by atoms with E-state index in [4.69, 9.17) is 4.99 Å². The van der Waals surface area contributed by atoms with Crippen molar-refractivity contribution >= 4 is 17.7 Å². The van der Waals surface area contributed by atoms with Crippen LogP contribution in [-0.2, 0) is 6.42 Å². The topological polar surface area (TPSA) is 79.9 Å². The van der Waals surface area contributed by atoms with E-state index in [0.717, 1.165) is 23.4 Å². The number of hydrogen-bond acceptors (Lipinski definition) is 5. The smallest absolute Gasteiger partial charge is 0.261 e. The highest BCUT2D eigenvalue weighted by Crippen LogP contribution is 2.25. The van der Waals surface area contributed by atoms with Gasteiger partial charge in [-0.1, -0.05) is 24.3 Å². The van der Waals surface area contributed by atoms with Gasteiger partial charge in [0.1, 0.15) is 5.84 Å². The van der Waals surface area contributed by atoms with Gasteiger partial charge in [0.15, 0.2) is 0 Å². The largest absolute Gasteiger partial charge is 0.269 e. The average molecular weight is 322 g/mol. The molecular weight excluding hydrogens is 304 g/mol. The predicted octanol–water partition coefficient (Wildman–Crippen LogP) is 3.30. The van der Waals surface area contributed by atoms with Crippen molar-refractivity contribution in [1.82, 2.24) is 5.43 Å². The zero-order valence-corrected chi connectivity index (χ0v) is 13.6. The molecule has 1 N–H and O–H groups in total. The molecule has 24 heavy (non-hydrogen) atoms. The Bertz CT molecular complexity index is 823. The lowest BCUT2D eigenvalue weighted by Crippen LogP contribution is -2.34. The Labute approximate surface area is 140 Å². The second-order valence-electron chi connectivity index (χ2n) is 6.33. The van der Waals surface area contributed by atoms with Crippen molar-refractivity contribution in [3.05, 3.63) is 75.3 Å². The quantitative estimate of drug-likeness (QED) is 0.535. The first-order chi connectivity index (χ1) is 11.4. The van der Waals surface area contributed by atoms with E-state index >= 15 is 0 Å². The van der Waals surface area contributed by atoms with E-state index < -0.39 is 4.92 Å². The number of non-ortho nitro benzene ring substituents is 1. The van der Waals surface area contributed by atoms with Crippen LogP contribution in [-0.4, -0.2) is 22.5 Å². The van der Waals surface area contributed by atoms with E-state index in [9.17, 15) is 10.1 Å². The van der Waals surface area contributed by atoms with Crippen molar-refractivity contribution < 1.29 is 4.92 Å². The van der Waals surface area contributed by atoms with E-state index in [1.165, 1.54) is 17.7 Å². The molecule has 0 saturated carbocycles. The monoisotopic (exact) mass is 322 g/mol. The molecule has 0 bridgehead atoms. The van der Waals surface area contributed by atoms with Gasteiger partial charge in [-0.2, -0.15) is 5.10 Å². The summed E-state index contributed by atoms with van der Waals surface area (Å²) in [5.74, 6) is 0.736. The number of nitrogens with zero attached hydrogens (tertiary/aromatic N) is 3. The Balaban J connectivity index is 1.77. The number of hydrazone groups is 1. The molecule has 0 fully saturated rings. The van der Waals surface area contributed by atoms with Crippen LogP contribution in [0.4, 0.5) is 5.69 Å². The van der Waals surface area contributed by atoms with Gasteiger partial charge in [-0.25, -0.2) is 0 Å². The molecule has 6 heteroatoms.